The van der Waals surface area contributed by atoms with Gasteiger partial charge in [-0.2, -0.15) is 0 Å². The van der Waals surface area contributed by atoms with Crippen LogP contribution in [0.15, 0.2) is 45.3 Å². The third-order valence-corrected chi connectivity index (χ3v) is 11.1. The van der Waals surface area contributed by atoms with Crippen LogP contribution in [0.1, 0.15) is 38.2 Å². The maximum atomic E-state index is 14.0. The van der Waals surface area contributed by atoms with Crippen molar-refractivity contribution in [3.05, 3.63) is 56.5 Å². The number of hydrogen-bond donors (Lipinski definition) is 2. The summed E-state index contributed by atoms with van der Waals surface area (Å²) in [4.78, 5) is 48.6. The molecule has 2 aromatic rings. The number of anilines is 1. The highest BCUT2D eigenvalue weighted by Gasteiger charge is 2.36. The lowest BCUT2D eigenvalue weighted by Gasteiger charge is -2.41. The Bertz CT molecular complexity index is 1420. The van der Waals surface area contributed by atoms with Crippen molar-refractivity contribution in [1.82, 2.24) is 24.9 Å². The number of carbonyl (C=O) groups excluding carboxylic acids is 3. The molecule has 4 aliphatic rings. The Labute approximate surface area is 295 Å². The SMILES string of the molecule is COc1c(Br)cc(C[C@@H](OC(=O)N2CCC(N3CCc4ccccc4NC3=O)CC2)C(=O)N2CCN(C3CCNCC3)CC2)cc1Br.[HH]. The molecule has 4 heterocycles. The van der Waals surface area contributed by atoms with Crippen molar-refractivity contribution in [2.45, 2.75) is 56.7 Å². The summed E-state index contributed by atoms with van der Waals surface area (Å²) in [6.45, 7) is 6.47. The van der Waals surface area contributed by atoms with Gasteiger partial charge in [0.1, 0.15) is 5.75 Å². The summed E-state index contributed by atoms with van der Waals surface area (Å²) in [5, 5.41) is 6.48. The second-order valence-corrected chi connectivity index (χ2v) is 14.5. The average Bonchev–Trinajstić information content (AvgIpc) is 3.26. The fourth-order valence-corrected chi connectivity index (χ4v) is 8.90. The summed E-state index contributed by atoms with van der Waals surface area (Å²) >= 11 is 7.13. The molecular weight excluding hydrogens is 732 g/mol. The summed E-state index contributed by atoms with van der Waals surface area (Å²) in [5.41, 5.74) is 2.83. The molecule has 0 radical (unpaired) electrons. The van der Waals surface area contributed by atoms with E-state index >= 15 is 0 Å². The van der Waals surface area contributed by atoms with E-state index in [1.165, 1.54) is 0 Å². The number of piperidine rings is 2. The number of halogens is 2. The lowest BCUT2D eigenvalue weighted by atomic mass is 10.0. The predicted molar refractivity (Wildman–Crippen MR) is 189 cm³/mol. The number of carbonyl (C=O) groups is 3. The maximum absolute atomic E-state index is 14.0. The number of urea groups is 1. The molecule has 0 unspecified atom stereocenters. The van der Waals surface area contributed by atoms with E-state index in [0.717, 1.165) is 71.2 Å². The van der Waals surface area contributed by atoms with Gasteiger partial charge in [0.15, 0.2) is 6.10 Å². The van der Waals surface area contributed by atoms with Crippen molar-refractivity contribution >= 4 is 55.6 Å². The van der Waals surface area contributed by atoms with E-state index in [0.29, 0.717) is 57.4 Å². The molecule has 2 aromatic carbocycles. The van der Waals surface area contributed by atoms with Crippen LogP contribution in [0.2, 0.25) is 0 Å². The van der Waals surface area contributed by atoms with E-state index in [4.69, 9.17) is 9.47 Å². The van der Waals surface area contributed by atoms with Crippen LogP contribution in [0.4, 0.5) is 15.3 Å². The van der Waals surface area contributed by atoms with Gasteiger partial charge in [-0.25, -0.2) is 9.59 Å². The van der Waals surface area contributed by atoms with Gasteiger partial charge in [-0.3, -0.25) is 9.69 Å². The van der Waals surface area contributed by atoms with Crippen LogP contribution >= 0.6 is 31.9 Å². The van der Waals surface area contributed by atoms with Crippen molar-refractivity contribution < 1.29 is 25.3 Å². The number of ether oxygens (including phenoxy) is 2. The van der Waals surface area contributed by atoms with E-state index in [9.17, 15) is 14.4 Å². The molecule has 3 saturated heterocycles. The smallest absolute Gasteiger partial charge is 0.410 e. The molecule has 4 amide bonds. The molecular formula is C34H46Br2N6O5. The number of piperazine rings is 1. The van der Waals surface area contributed by atoms with Crippen LogP contribution in [-0.2, 0) is 22.4 Å². The number of fused-ring (bicyclic) bond motifs is 1. The number of para-hydroxylation sites is 1. The van der Waals surface area contributed by atoms with Gasteiger partial charge in [0.2, 0.25) is 0 Å². The minimum atomic E-state index is -0.965. The van der Waals surface area contributed by atoms with Crippen LogP contribution in [0.25, 0.3) is 0 Å². The van der Waals surface area contributed by atoms with E-state index < -0.39 is 12.2 Å². The Balaban J connectivity index is 0.00000451. The number of nitrogens with zero attached hydrogens (tertiary/aromatic N) is 4. The van der Waals surface area contributed by atoms with Gasteiger partial charge in [-0.05, 0) is 106 Å². The number of rotatable bonds is 7. The molecule has 0 bridgehead atoms. The second-order valence-electron chi connectivity index (χ2n) is 12.8. The first-order chi connectivity index (χ1) is 22.8. The number of amides is 4. The fourth-order valence-electron chi connectivity index (χ4n) is 7.30. The third-order valence-electron chi connectivity index (χ3n) is 9.96. The molecule has 1 atom stereocenters. The molecule has 0 aliphatic carbocycles. The minimum Gasteiger partial charge on any atom is -0.494 e. The predicted octanol–water partition coefficient (Wildman–Crippen LogP) is 4.96. The topological polar surface area (TPSA) is 107 Å². The number of benzene rings is 2. The zero-order chi connectivity index (χ0) is 32.9. The molecule has 11 nitrogen and oxygen atoms in total. The first-order valence-electron chi connectivity index (χ1n) is 16.7. The molecule has 256 valence electrons. The summed E-state index contributed by atoms with van der Waals surface area (Å²) in [5.74, 6) is 0.495. The lowest BCUT2D eigenvalue weighted by Crippen LogP contribution is -2.56. The van der Waals surface area contributed by atoms with Crippen LogP contribution in [-0.4, -0.2) is 122 Å². The van der Waals surface area contributed by atoms with E-state index in [-0.39, 0.29) is 25.8 Å². The molecule has 13 heteroatoms. The highest BCUT2D eigenvalue weighted by molar-refractivity contribution is 9.11. The van der Waals surface area contributed by atoms with Crippen LogP contribution in [0, 0.1) is 0 Å². The molecule has 0 spiro atoms. The highest BCUT2D eigenvalue weighted by Crippen LogP contribution is 2.35. The van der Waals surface area contributed by atoms with Crippen molar-refractivity contribution in [3.8, 4) is 5.75 Å². The third kappa shape index (κ3) is 8.06. The average molecular weight is 779 g/mol. The standard InChI is InChI=1S/C34H44Br2N6O5.H2/c1-46-31-27(35)20-23(21-28(31)36)22-30(32(43)40-18-16-39(17-19-40)25-6-11-37-12-7-25)47-34(45)41-13-9-26(10-14-41)42-15-8-24-4-2-3-5-29(24)38-33(42)44;/h2-5,20-21,25-26,30,37H,6-19,22H2,1H3,(H,38,44);1H/t30-;/m1./s1. The Hall–Kier alpha value is -2.87. The van der Waals surface area contributed by atoms with Gasteiger partial charge in [-0.15, -0.1) is 0 Å². The van der Waals surface area contributed by atoms with Gasteiger partial charge in [0.25, 0.3) is 5.91 Å². The van der Waals surface area contributed by atoms with Crippen molar-refractivity contribution in [2.24, 2.45) is 0 Å². The number of likely N-dealkylation sites (tertiary alicyclic amines) is 1. The zero-order valence-corrected chi connectivity index (χ0v) is 30.1. The van der Waals surface area contributed by atoms with Crippen LogP contribution in [0.5, 0.6) is 5.75 Å². The Kier molecular flexibility index (Phi) is 11.3. The number of nitrogens with one attached hydrogen (secondary N) is 2. The largest absolute Gasteiger partial charge is 0.494 e. The van der Waals surface area contributed by atoms with Crippen molar-refractivity contribution in [3.63, 3.8) is 0 Å². The molecule has 4 aliphatic heterocycles. The normalized spacial score (nSPS) is 20.7. The van der Waals surface area contributed by atoms with Gasteiger partial charge < -0.3 is 34.8 Å². The number of hydrogen-bond acceptors (Lipinski definition) is 7. The summed E-state index contributed by atoms with van der Waals surface area (Å²) < 4.78 is 13.0. The second kappa shape index (κ2) is 15.6. The van der Waals surface area contributed by atoms with Gasteiger partial charge in [0.05, 0.1) is 16.1 Å². The highest BCUT2D eigenvalue weighted by atomic mass is 79.9. The minimum absolute atomic E-state index is 0. The zero-order valence-electron chi connectivity index (χ0n) is 26.9. The van der Waals surface area contributed by atoms with E-state index in [1.54, 1.807) is 12.0 Å². The molecule has 47 heavy (non-hydrogen) atoms. The monoisotopic (exact) mass is 776 g/mol. The molecule has 0 saturated carbocycles. The summed E-state index contributed by atoms with van der Waals surface area (Å²) in [6, 6.07) is 12.2. The first-order valence-corrected chi connectivity index (χ1v) is 18.3. The van der Waals surface area contributed by atoms with E-state index in [1.807, 2.05) is 46.2 Å². The fraction of sp³-hybridized carbons (Fsp3) is 0.559. The Morgan fingerprint density at radius 1 is 0.915 bits per heavy atom. The molecule has 2 N–H and O–H groups in total. The summed E-state index contributed by atoms with van der Waals surface area (Å²) in [6.07, 6.45) is 3.12. The van der Waals surface area contributed by atoms with Gasteiger partial charge in [0, 0.05) is 71.4 Å². The quantitative estimate of drug-likeness (QED) is 0.410. The van der Waals surface area contributed by atoms with E-state index in [2.05, 4.69) is 47.4 Å². The Morgan fingerprint density at radius 2 is 1.60 bits per heavy atom. The molecule has 0 aromatic heterocycles. The summed E-state index contributed by atoms with van der Waals surface area (Å²) in [7, 11) is 1.60. The lowest BCUT2D eigenvalue weighted by molar-refractivity contribution is -0.143. The number of methoxy groups -OCH3 is 1. The van der Waals surface area contributed by atoms with Crippen LogP contribution < -0.4 is 15.4 Å². The van der Waals surface area contributed by atoms with Crippen molar-refractivity contribution in [2.75, 3.05) is 71.3 Å². The van der Waals surface area contributed by atoms with Gasteiger partial charge in [-0.1, -0.05) is 18.2 Å². The van der Waals surface area contributed by atoms with Gasteiger partial charge >= 0.3 is 12.1 Å². The Morgan fingerprint density at radius 3 is 2.28 bits per heavy atom. The van der Waals surface area contributed by atoms with Crippen LogP contribution in [0.3, 0.4) is 0 Å². The molecule has 6 rings (SSSR count). The first kappa shape index (κ1) is 34.0. The van der Waals surface area contributed by atoms with Crippen molar-refractivity contribution in [1.29, 1.82) is 0 Å². The molecule has 3 fully saturated rings. The maximum Gasteiger partial charge on any atom is 0.410 e.